The molecule has 0 saturated heterocycles. The van der Waals surface area contributed by atoms with Crippen molar-refractivity contribution in [3.8, 4) is 5.75 Å². The number of aromatic carboxylic acids is 1. The van der Waals surface area contributed by atoms with E-state index in [0.29, 0.717) is 16.8 Å². The standard InChI is InChI=1S/C36H26F3NO4S/c37-36(38,39)34(41)33-29-19-27(44-21-24-7-2-1-3-8-24)17-18-30(29)40(20-23-13-15-26(16-14-23)35(42)43)31(33)22-45-32-12-6-10-25-9-4-5-11-28(25)32/h1-19H,20-22H2,(H,42,43). The molecule has 9 heteroatoms. The number of rotatable bonds is 10. The normalized spacial score (nSPS) is 11.6. The van der Waals surface area contributed by atoms with Gasteiger partial charge in [0.2, 0.25) is 0 Å². The van der Waals surface area contributed by atoms with Crippen molar-refractivity contribution in [2.24, 2.45) is 0 Å². The maximum Gasteiger partial charge on any atom is 0.454 e. The van der Waals surface area contributed by atoms with Gasteiger partial charge < -0.3 is 14.4 Å². The van der Waals surface area contributed by atoms with E-state index >= 15 is 0 Å². The molecule has 5 aromatic carbocycles. The van der Waals surface area contributed by atoms with Crippen molar-refractivity contribution in [1.82, 2.24) is 4.57 Å². The van der Waals surface area contributed by atoms with E-state index in [1.807, 2.05) is 72.8 Å². The molecule has 0 aliphatic rings. The predicted octanol–water partition coefficient (Wildman–Crippen LogP) is 9.16. The Morgan fingerprint density at radius 3 is 2.22 bits per heavy atom. The van der Waals surface area contributed by atoms with Crippen molar-refractivity contribution in [3.05, 3.63) is 143 Å². The highest BCUT2D eigenvalue weighted by atomic mass is 32.2. The summed E-state index contributed by atoms with van der Waals surface area (Å²) in [6, 6.07) is 33.9. The van der Waals surface area contributed by atoms with Crippen molar-refractivity contribution in [2.75, 3.05) is 0 Å². The van der Waals surface area contributed by atoms with Gasteiger partial charge in [0.25, 0.3) is 5.78 Å². The van der Waals surface area contributed by atoms with Gasteiger partial charge >= 0.3 is 12.1 Å². The van der Waals surface area contributed by atoms with Crippen LogP contribution in [0.5, 0.6) is 5.75 Å². The highest BCUT2D eigenvalue weighted by Crippen LogP contribution is 2.39. The number of hydrogen-bond donors (Lipinski definition) is 1. The van der Waals surface area contributed by atoms with E-state index in [0.717, 1.165) is 21.2 Å². The second kappa shape index (κ2) is 12.5. The molecule has 6 rings (SSSR count). The second-order valence-electron chi connectivity index (χ2n) is 10.5. The molecule has 226 valence electrons. The number of nitrogens with zero attached hydrogens (tertiary/aromatic N) is 1. The molecular weight excluding hydrogens is 599 g/mol. The van der Waals surface area contributed by atoms with Crippen LogP contribution in [0.3, 0.4) is 0 Å². The van der Waals surface area contributed by atoms with Crippen LogP contribution in [0.4, 0.5) is 13.2 Å². The number of carbonyl (C=O) groups is 2. The summed E-state index contributed by atoms with van der Waals surface area (Å²) in [4.78, 5) is 25.4. The highest BCUT2D eigenvalue weighted by Gasteiger charge is 2.42. The largest absolute Gasteiger partial charge is 0.489 e. The van der Waals surface area contributed by atoms with Crippen LogP contribution in [-0.4, -0.2) is 27.6 Å². The van der Waals surface area contributed by atoms with Gasteiger partial charge in [-0.1, -0.05) is 78.9 Å². The molecule has 0 aliphatic carbocycles. The van der Waals surface area contributed by atoms with Gasteiger partial charge in [0.05, 0.1) is 11.1 Å². The van der Waals surface area contributed by atoms with E-state index in [-0.39, 0.29) is 35.5 Å². The summed E-state index contributed by atoms with van der Waals surface area (Å²) in [6.07, 6.45) is -5.11. The predicted molar refractivity (Wildman–Crippen MR) is 169 cm³/mol. The lowest BCUT2D eigenvalue weighted by Gasteiger charge is -2.14. The summed E-state index contributed by atoms with van der Waals surface area (Å²) in [5, 5.41) is 11.4. The number of ether oxygens (including phenoxy) is 1. The third-order valence-corrected chi connectivity index (χ3v) is 8.62. The first-order valence-corrected chi connectivity index (χ1v) is 15.0. The van der Waals surface area contributed by atoms with Gasteiger partial charge in [0, 0.05) is 33.8 Å². The fourth-order valence-electron chi connectivity index (χ4n) is 5.35. The molecule has 0 aliphatic heterocycles. The number of carboxylic acids is 1. The Morgan fingerprint density at radius 1 is 0.778 bits per heavy atom. The lowest BCUT2D eigenvalue weighted by molar-refractivity contribution is -0.0884. The van der Waals surface area contributed by atoms with Crippen molar-refractivity contribution >= 4 is 45.2 Å². The molecule has 0 amide bonds. The molecule has 6 aromatic rings. The van der Waals surface area contributed by atoms with Crippen LogP contribution in [-0.2, 0) is 18.9 Å². The minimum atomic E-state index is -5.11. The monoisotopic (exact) mass is 625 g/mol. The molecule has 1 N–H and O–H groups in total. The third kappa shape index (κ3) is 6.44. The summed E-state index contributed by atoms with van der Waals surface area (Å²) in [7, 11) is 0. The quantitative estimate of drug-likeness (QED) is 0.121. The van der Waals surface area contributed by atoms with Gasteiger partial charge in [-0.3, -0.25) is 4.79 Å². The van der Waals surface area contributed by atoms with Crippen LogP contribution >= 0.6 is 11.8 Å². The number of carboxylic acid groups (broad SMARTS) is 1. The molecule has 45 heavy (non-hydrogen) atoms. The molecule has 0 saturated carbocycles. The lowest BCUT2D eigenvalue weighted by Crippen LogP contribution is -2.24. The number of halogens is 3. The first-order valence-electron chi connectivity index (χ1n) is 14.0. The zero-order chi connectivity index (χ0) is 31.6. The molecule has 0 atom stereocenters. The zero-order valence-corrected chi connectivity index (χ0v) is 24.6. The molecule has 5 nitrogen and oxygen atoms in total. The zero-order valence-electron chi connectivity index (χ0n) is 23.8. The third-order valence-electron chi connectivity index (χ3n) is 7.53. The Balaban J connectivity index is 1.48. The Labute approximate surface area is 260 Å². The number of Topliss-reactive ketones (excluding diaryl/α,β-unsaturated/α-hetero) is 1. The average Bonchev–Trinajstić information content (AvgIpc) is 3.34. The van der Waals surface area contributed by atoms with Gasteiger partial charge in [0.1, 0.15) is 12.4 Å². The number of alkyl halides is 3. The Morgan fingerprint density at radius 2 is 1.49 bits per heavy atom. The Bertz CT molecular complexity index is 2010. The lowest BCUT2D eigenvalue weighted by atomic mass is 10.1. The van der Waals surface area contributed by atoms with E-state index < -0.39 is 23.5 Å². The van der Waals surface area contributed by atoms with Crippen LogP contribution < -0.4 is 4.74 Å². The van der Waals surface area contributed by atoms with Crippen molar-refractivity contribution < 1.29 is 32.6 Å². The minimum Gasteiger partial charge on any atom is -0.489 e. The highest BCUT2D eigenvalue weighted by molar-refractivity contribution is 7.98. The summed E-state index contributed by atoms with van der Waals surface area (Å²) < 4.78 is 50.2. The number of ketones is 1. The van der Waals surface area contributed by atoms with Crippen molar-refractivity contribution in [2.45, 2.75) is 30.0 Å². The van der Waals surface area contributed by atoms with E-state index in [1.165, 1.54) is 30.0 Å². The van der Waals surface area contributed by atoms with Gasteiger partial charge in [0.15, 0.2) is 0 Å². The van der Waals surface area contributed by atoms with E-state index in [9.17, 15) is 27.9 Å². The number of carbonyl (C=O) groups excluding carboxylic acids is 1. The molecular formula is C36H26F3NO4S. The van der Waals surface area contributed by atoms with Gasteiger partial charge in [-0.05, 0) is 58.3 Å². The van der Waals surface area contributed by atoms with Crippen molar-refractivity contribution in [3.63, 3.8) is 0 Å². The van der Waals surface area contributed by atoms with Gasteiger partial charge in [-0.15, -0.1) is 11.8 Å². The topological polar surface area (TPSA) is 68.5 Å². The Hall–Kier alpha value is -5.02. The van der Waals surface area contributed by atoms with E-state index in [2.05, 4.69) is 0 Å². The molecule has 1 heterocycles. The molecule has 0 radical (unpaired) electrons. The van der Waals surface area contributed by atoms with Crippen molar-refractivity contribution in [1.29, 1.82) is 0 Å². The van der Waals surface area contributed by atoms with Crippen LogP contribution in [0.15, 0.2) is 120 Å². The average molecular weight is 626 g/mol. The van der Waals surface area contributed by atoms with E-state index in [1.54, 1.807) is 28.8 Å². The Kier molecular flexibility index (Phi) is 8.36. The second-order valence-corrected chi connectivity index (χ2v) is 11.5. The van der Waals surface area contributed by atoms with E-state index in [4.69, 9.17) is 4.74 Å². The van der Waals surface area contributed by atoms with Gasteiger partial charge in [-0.2, -0.15) is 13.2 Å². The van der Waals surface area contributed by atoms with Crippen LogP contribution in [0.25, 0.3) is 21.7 Å². The minimum absolute atomic E-state index is 0.0766. The molecule has 0 unspecified atom stereocenters. The molecule has 0 fully saturated rings. The maximum atomic E-state index is 14.2. The number of hydrogen-bond acceptors (Lipinski definition) is 4. The van der Waals surface area contributed by atoms with Crippen LogP contribution in [0.2, 0.25) is 0 Å². The summed E-state index contributed by atoms with van der Waals surface area (Å²) >= 11 is 1.35. The number of thioether (sulfide) groups is 1. The fourth-order valence-corrected chi connectivity index (χ4v) is 6.45. The first kappa shape index (κ1) is 30.0. The molecule has 1 aromatic heterocycles. The number of fused-ring (bicyclic) bond motifs is 2. The van der Waals surface area contributed by atoms with Crippen LogP contribution in [0.1, 0.15) is 37.5 Å². The fraction of sp³-hybridized carbons (Fsp3) is 0.111. The first-order chi connectivity index (χ1) is 21.7. The van der Waals surface area contributed by atoms with Gasteiger partial charge in [-0.25, -0.2) is 4.79 Å². The molecule has 0 bridgehead atoms. The molecule has 0 spiro atoms. The number of benzene rings is 5. The smallest absolute Gasteiger partial charge is 0.454 e. The summed E-state index contributed by atoms with van der Waals surface area (Å²) in [5.74, 6) is -2.60. The summed E-state index contributed by atoms with van der Waals surface area (Å²) in [6.45, 7) is 0.326. The SMILES string of the molecule is O=C(O)c1ccc(Cn2c(CSc3cccc4ccccc34)c(C(=O)C(F)(F)F)c3cc(OCc4ccccc4)ccc32)cc1. The maximum absolute atomic E-state index is 14.2. The number of aromatic nitrogens is 1. The van der Waals surface area contributed by atoms with Crippen LogP contribution in [0, 0.1) is 0 Å². The summed E-state index contributed by atoms with van der Waals surface area (Å²) in [5.41, 5.74) is 1.88.